The van der Waals surface area contributed by atoms with Crippen molar-refractivity contribution in [2.45, 2.75) is 44.4 Å². The Kier molecular flexibility index (Phi) is 6.78. The zero-order chi connectivity index (χ0) is 22.0. The lowest BCUT2D eigenvalue weighted by molar-refractivity contribution is 0.126. The molecule has 3 aromatic rings. The summed E-state index contributed by atoms with van der Waals surface area (Å²) < 4.78 is 20.7. The van der Waals surface area contributed by atoms with E-state index in [1.807, 2.05) is 6.07 Å². The average Bonchev–Trinajstić information content (AvgIpc) is 3.15. The van der Waals surface area contributed by atoms with Crippen molar-refractivity contribution < 1.29 is 14.2 Å². The first kappa shape index (κ1) is 22.0. The first-order valence-corrected chi connectivity index (χ1v) is 11.2. The predicted molar refractivity (Wildman–Crippen MR) is 122 cm³/mol. The molecule has 1 aliphatic rings. The van der Waals surface area contributed by atoms with Gasteiger partial charge in [-0.15, -0.1) is 0 Å². The fourth-order valence-electron chi connectivity index (χ4n) is 3.67. The third-order valence-corrected chi connectivity index (χ3v) is 6.54. The third kappa shape index (κ3) is 4.86. The predicted octanol–water partition coefficient (Wildman–Crippen LogP) is 4.68. The molecule has 0 radical (unpaired) electrons. The Labute approximate surface area is 192 Å². The number of hydrogen-bond donors (Lipinski definition) is 3. The fourth-order valence-corrected chi connectivity index (χ4v) is 4.30. The molecule has 166 valence electrons. The molecular weight excluding hydrogens is 491 g/mol. The lowest BCUT2D eigenvalue weighted by Gasteiger charge is -2.26. The van der Waals surface area contributed by atoms with Gasteiger partial charge in [-0.1, -0.05) is 11.6 Å². The van der Waals surface area contributed by atoms with Crippen LogP contribution in [0.4, 0.5) is 21.8 Å². The summed E-state index contributed by atoms with van der Waals surface area (Å²) in [6, 6.07) is 3.73. The highest BCUT2D eigenvalue weighted by atomic mass is 79.9. The summed E-state index contributed by atoms with van der Waals surface area (Å²) in [5.74, 6) is 1.42. The number of ether oxygens (including phenoxy) is 1. The lowest BCUT2D eigenvalue weighted by Crippen LogP contribution is -2.29. The van der Waals surface area contributed by atoms with Crippen molar-refractivity contribution in [1.29, 1.82) is 0 Å². The van der Waals surface area contributed by atoms with Gasteiger partial charge in [0.2, 0.25) is 5.95 Å². The highest BCUT2D eigenvalue weighted by Gasteiger charge is 2.21. The van der Waals surface area contributed by atoms with E-state index in [1.54, 1.807) is 24.1 Å². The van der Waals surface area contributed by atoms with Crippen LogP contribution in [0.3, 0.4) is 0 Å². The van der Waals surface area contributed by atoms with Crippen LogP contribution in [0.25, 0.3) is 11.2 Å². The number of imidazole rings is 1. The van der Waals surface area contributed by atoms with Gasteiger partial charge in [-0.3, -0.25) is 0 Å². The van der Waals surface area contributed by atoms with E-state index in [9.17, 15) is 9.50 Å². The van der Waals surface area contributed by atoms with Crippen LogP contribution in [0.5, 0.6) is 5.75 Å². The van der Waals surface area contributed by atoms with E-state index >= 15 is 0 Å². The maximum Gasteiger partial charge on any atom is 0.227 e. The smallest absolute Gasteiger partial charge is 0.227 e. The number of aliphatic hydroxyl groups excluding tert-OH is 1. The molecular formula is C20H23BrClFN6O2. The van der Waals surface area contributed by atoms with Crippen LogP contribution >= 0.6 is 27.5 Å². The Balaban J connectivity index is 1.70. The number of benzene rings is 1. The molecule has 0 bridgehead atoms. The number of anilines is 3. The minimum atomic E-state index is -0.525. The van der Waals surface area contributed by atoms with Crippen LogP contribution in [0.1, 0.15) is 25.7 Å². The topological polar surface area (TPSA) is 97.1 Å². The van der Waals surface area contributed by atoms with E-state index in [4.69, 9.17) is 16.3 Å². The number of aromatic nitrogens is 4. The summed E-state index contributed by atoms with van der Waals surface area (Å²) >= 11 is 9.67. The van der Waals surface area contributed by atoms with Gasteiger partial charge in [-0.25, -0.2) is 9.37 Å². The van der Waals surface area contributed by atoms with Gasteiger partial charge in [0.05, 0.1) is 31.1 Å². The maximum atomic E-state index is 13.0. The average molecular weight is 514 g/mol. The van der Waals surface area contributed by atoms with Crippen LogP contribution in [0.15, 0.2) is 22.9 Å². The second-order valence-corrected chi connectivity index (χ2v) is 8.68. The quantitative estimate of drug-likeness (QED) is 0.422. The number of rotatable bonds is 7. The summed E-state index contributed by atoms with van der Waals surface area (Å²) in [6.07, 6.45) is 4.45. The second-order valence-electron chi connectivity index (χ2n) is 7.44. The van der Waals surface area contributed by atoms with Gasteiger partial charge in [0.25, 0.3) is 0 Å². The summed E-state index contributed by atoms with van der Waals surface area (Å²) in [5, 5.41) is 16.8. The largest absolute Gasteiger partial charge is 0.495 e. The van der Waals surface area contributed by atoms with Crippen molar-refractivity contribution in [1.82, 2.24) is 19.5 Å². The molecule has 0 aliphatic heterocycles. The molecule has 0 unspecified atom stereocenters. The van der Waals surface area contributed by atoms with Gasteiger partial charge in [0.15, 0.2) is 17.0 Å². The number of alkyl halides is 1. The normalized spacial score (nSPS) is 18.9. The van der Waals surface area contributed by atoms with Crippen molar-refractivity contribution in [3.05, 3.63) is 28.0 Å². The number of aryl methyl sites for hydroxylation is 1. The summed E-state index contributed by atoms with van der Waals surface area (Å²) in [6.45, 7) is -0.370. The molecule has 1 fully saturated rings. The molecule has 2 aromatic heterocycles. The Morgan fingerprint density at radius 1 is 1.29 bits per heavy atom. The summed E-state index contributed by atoms with van der Waals surface area (Å²) in [5.41, 5.74) is 1.76. The van der Waals surface area contributed by atoms with Crippen molar-refractivity contribution in [2.24, 2.45) is 0 Å². The lowest BCUT2D eigenvalue weighted by atomic mass is 9.93. The molecule has 0 saturated heterocycles. The van der Waals surface area contributed by atoms with Gasteiger partial charge in [-0.05, 0) is 47.7 Å². The minimum absolute atomic E-state index is 0.155. The monoisotopic (exact) mass is 512 g/mol. The standard InChI is InChI=1S/C20H23BrClFN6O2/c1-31-15-9-12(8-14(21)16(15)22)25-18-17-19(29(7-6-23)10-24-17)28-20(27-18)26-11-2-4-13(30)5-3-11/h8-11,13,30H,2-7H2,1H3,(H2,25,26,27,28). The number of nitrogens with one attached hydrogen (secondary N) is 2. The van der Waals surface area contributed by atoms with E-state index < -0.39 is 6.67 Å². The first-order chi connectivity index (χ1) is 15.0. The highest BCUT2D eigenvalue weighted by Crippen LogP contribution is 2.37. The molecule has 2 heterocycles. The molecule has 8 nitrogen and oxygen atoms in total. The molecule has 0 amide bonds. The van der Waals surface area contributed by atoms with Gasteiger partial charge >= 0.3 is 0 Å². The van der Waals surface area contributed by atoms with Crippen LogP contribution < -0.4 is 15.4 Å². The van der Waals surface area contributed by atoms with Gasteiger partial charge in [0, 0.05) is 22.3 Å². The SMILES string of the molecule is COc1cc(Nc2nc(NC3CCC(O)CC3)nc3c2ncn3CCF)cc(Br)c1Cl. The fraction of sp³-hybridized carbons (Fsp3) is 0.450. The first-order valence-electron chi connectivity index (χ1n) is 10.0. The minimum Gasteiger partial charge on any atom is -0.495 e. The van der Waals surface area contributed by atoms with E-state index in [0.29, 0.717) is 43.9 Å². The van der Waals surface area contributed by atoms with Crippen LogP contribution in [-0.4, -0.2) is 50.6 Å². The second kappa shape index (κ2) is 9.54. The number of fused-ring (bicyclic) bond motifs is 1. The summed E-state index contributed by atoms with van der Waals surface area (Å²) in [7, 11) is 1.54. The van der Waals surface area contributed by atoms with Gasteiger partial charge in [-0.2, -0.15) is 9.97 Å². The zero-order valence-electron chi connectivity index (χ0n) is 16.9. The molecule has 0 atom stereocenters. The number of aliphatic hydroxyl groups is 1. The van der Waals surface area contributed by atoms with Crippen molar-refractivity contribution in [2.75, 3.05) is 24.4 Å². The number of halogens is 3. The van der Waals surface area contributed by atoms with E-state index in [2.05, 4.69) is 41.5 Å². The molecule has 0 spiro atoms. The zero-order valence-corrected chi connectivity index (χ0v) is 19.2. The van der Waals surface area contributed by atoms with Gasteiger partial charge < -0.3 is 25.0 Å². The Hall–Kier alpha value is -2.17. The number of hydrogen-bond acceptors (Lipinski definition) is 7. The van der Waals surface area contributed by atoms with Crippen molar-refractivity contribution >= 4 is 56.1 Å². The van der Waals surface area contributed by atoms with Crippen LogP contribution in [0.2, 0.25) is 5.02 Å². The molecule has 1 saturated carbocycles. The van der Waals surface area contributed by atoms with Crippen LogP contribution in [-0.2, 0) is 6.54 Å². The molecule has 3 N–H and O–H groups in total. The Morgan fingerprint density at radius 2 is 2.06 bits per heavy atom. The molecule has 1 aliphatic carbocycles. The van der Waals surface area contributed by atoms with E-state index in [1.165, 1.54) is 0 Å². The number of nitrogens with zero attached hydrogens (tertiary/aromatic N) is 4. The molecule has 31 heavy (non-hydrogen) atoms. The van der Waals surface area contributed by atoms with E-state index in [-0.39, 0.29) is 18.7 Å². The highest BCUT2D eigenvalue weighted by molar-refractivity contribution is 9.10. The Bertz CT molecular complexity index is 1070. The van der Waals surface area contributed by atoms with E-state index in [0.717, 1.165) is 25.7 Å². The van der Waals surface area contributed by atoms with Crippen molar-refractivity contribution in [3.8, 4) is 5.75 Å². The van der Waals surface area contributed by atoms with Gasteiger partial charge in [0.1, 0.15) is 12.4 Å². The third-order valence-electron chi connectivity index (χ3n) is 5.30. The molecule has 1 aromatic carbocycles. The van der Waals surface area contributed by atoms with Crippen LogP contribution in [0, 0.1) is 0 Å². The molecule has 11 heteroatoms. The van der Waals surface area contributed by atoms with Crippen molar-refractivity contribution in [3.63, 3.8) is 0 Å². The maximum absolute atomic E-state index is 13.0. The summed E-state index contributed by atoms with van der Waals surface area (Å²) in [4.78, 5) is 13.6. The Morgan fingerprint density at radius 3 is 2.77 bits per heavy atom. The number of methoxy groups -OCH3 is 1. The molecule has 4 rings (SSSR count).